The van der Waals surface area contributed by atoms with E-state index in [1.807, 2.05) is 4.90 Å². The van der Waals surface area contributed by atoms with Crippen LogP contribution in [0.1, 0.15) is 60.1 Å². The fourth-order valence-electron chi connectivity index (χ4n) is 3.83. The van der Waals surface area contributed by atoms with Crippen molar-refractivity contribution in [2.45, 2.75) is 63.7 Å². The van der Waals surface area contributed by atoms with E-state index in [1.54, 1.807) is 6.92 Å². The third-order valence-electron chi connectivity index (χ3n) is 5.43. The summed E-state index contributed by atoms with van der Waals surface area (Å²) in [5.41, 5.74) is 0.278. The molecule has 0 aliphatic heterocycles. The Morgan fingerprint density at radius 3 is 2.33 bits per heavy atom. The van der Waals surface area contributed by atoms with E-state index >= 15 is 0 Å². The highest BCUT2D eigenvalue weighted by Crippen LogP contribution is 2.36. The molecule has 2 aliphatic carbocycles. The van der Waals surface area contributed by atoms with Crippen LogP contribution in [0.25, 0.3) is 5.82 Å². The van der Waals surface area contributed by atoms with E-state index in [0.717, 1.165) is 50.8 Å². The lowest BCUT2D eigenvalue weighted by Crippen LogP contribution is -2.40. The molecule has 2 saturated carbocycles. The lowest BCUT2D eigenvalue weighted by Gasteiger charge is -2.29. The van der Waals surface area contributed by atoms with Crippen LogP contribution < -0.4 is 0 Å². The summed E-state index contributed by atoms with van der Waals surface area (Å²) in [7, 11) is 0. The number of alkyl halides is 3. The molecular formula is C19H21F3N4O. The van der Waals surface area contributed by atoms with E-state index < -0.39 is 11.7 Å². The fraction of sp³-hybridized carbons (Fsp3) is 0.526. The van der Waals surface area contributed by atoms with Crippen LogP contribution >= 0.6 is 0 Å². The molecule has 2 heterocycles. The van der Waals surface area contributed by atoms with E-state index in [1.165, 1.54) is 16.9 Å². The average Bonchev–Trinajstić information content (AvgIpc) is 3.15. The molecule has 0 N–H and O–H groups in total. The SMILES string of the molecule is Cc1c(C(=O)N(C2CCCC2)C2CC2)cnn1-c1ccc(C(F)(F)F)cn1. The van der Waals surface area contributed by atoms with Crippen molar-refractivity contribution in [2.24, 2.45) is 0 Å². The van der Waals surface area contributed by atoms with Crippen molar-refractivity contribution in [3.63, 3.8) is 0 Å². The van der Waals surface area contributed by atoms with Crippen molar-refractivity contribution in [3.05, 3.63) is 41.3 Å². The van der Waals surface area contributed by atoms with Crippen LogP contribution in [-0.2, 0) is 6.18 Å². The van der Waals surface area contributed by atoms with E-state index in [-0.39, 0.29) is 17.8 Å². The molecule has 2 aliphatic rings. The molecule has 144 valence electrons. The van der Waals surface area contributed by atoms with Crippen LogP contribution in [0.3, 0.4) is 0 Å². The molecule has 2 aromatic rings. The Bertz CT molecular complexity index is 834. The third kappa shape index (κ3) is 3.44. The number of hydrogen-bond acceptors (Lipinski definition) is 3. The van der Waals surface area contributed by atoms with Gasteiger partial charge in [0.05, 0.1) is 23.0 Å². The van der Waals surface area contributed by atoms with E-state index in [2.05, 4.69) is 10.1 Å². The molecule has 0 spiro atoms. The first kappa shape index (κ1) is 18.0. The molecule has 2 fully saturated rings. The van der Waals surface area contributed by atoms with Gasteiger partial charge in [0.2, 0.25) is 0 Å². The molecular weight excluding hydrogens is 357 g/mol. The Morgan fingerprint density at radius 1 is 1.11 bits per heavy atom. The first-order valence-electron chi connectivity index (χ1n) is 9.27. The Labute approximate surface area is 155 Å². The maximum absolute atomic E-state index is 13.2. The number of amides is 1. The van der Waals surface area contributed by atoms with Gasteiger partial charge in [0.1, 0.15) is 0 Å². The second kappa shape index (κ2) is 6.65. The van der Waals surface area contributed by atoms with Crippen LogP contribution in [0.2, 0.25) is 0 Å². The normalized spacial score (nSPS) is 18.1. The Hall–Kier alpha value is -2.38. The molecule has 5 nitrogen and oxygen atoms in total. The van der Waals surface area contributed by atoms with Gasteiger partial charge in [-0.05, 0) is 44.7 Å². The number of hydrogen-bond donors (Lipinski definition) is 0. The zero-order chi connectivity index (χ0) is 19.2. The Balaban J connectivity index is 1.60. The van der Waals surface area contributed by atoms with Crippen LogP contribution in [0.5, 0.6) is 0 Å². The summed E-state index contributed by atoms with van der Waals surface area (Å²) in [6.07, 6.45) is 4.30. The minimum Gasteiger partial charge on any atom is -0.333 e. The van der Waals surface area contributed by atoms with Crippen molar-refractivity contribution >= 4 is 5.91 Å². The quantitative estimate of drug-likeness (QED) is 0.803. The predicted molar refractivity (Wildman–Crippen MR) is 92.5 cm³/mol. The maximum atomic E-state index is 13.2. The molecule has 4 rings (SSSR count). The highest BCUT2D eigenvalue weighted by molar-refractivity contribution is 5.95. The smallest absolute Gasteiger partial charge is 0.333 e. The minimum absolute atomic E-state index is 0.0277. The van der Waals surface area contributed by atoms with Crippen molar-refractivity contribution in [3.8, 4) is 5.82 Å². The lowest BCUT2D eigenvalue weighted by molar-refractivity contribution is -0.137. The summed E-state index contributed by atoms with van der Waals surface area (Å²) >= 11 is 0. The number of carbonyl (C=O) groups is 1. The molecule has 0 bridgehead atoms. The number of carbonyl (C=O) groups excluding carboxylic acids is 1. The van der Waals surface area contributed by atoms with Crippen LogP contribution in [0, 0.1) is 6.92 Å². The monoisotopic (exact) mass is 378 g/mol. The zero-order valence-corrected chi connectivity index (χ0v) is 15.0. The predicted octanol–water partition coefficient (Wildman–Crippen LogP) is 4.14. The average molecular weight is 378 g/mol. The summed E-state index contributed by atoms with van der Waals surface area (Å²) < 4.78 is 39.6. The zero-order valence-electron chi connectivity index (χ0n) is 15.0. The highest BCUT2D eigenvalue weighted by atomic mass is 19.4. The number of halogens is 3. The molecule has 0 atom stereocenters. The van der Waals surface area contributed by atoms with Gasteiger partial charge in [-0.3, -0.25) is 4.79 Å². The molecule has 2 aromatic heterocycles. The fourth-order valence-corrected chi connectivity index (χ4v) is 3.83. The number of pyridine rings is 1. The molecule has 0 radical (unpaired) electrons. The van der Waals surface area contributed by atoms with Crippen molar-refractivity contribution in [2.75, 3.05) is 0 Å². The van der Waals surface area contributed by atoms with Gasteiger partial charge in [0, 0.05) is 18.3 Å². The molecule has 1 amide bonds. The molecule has 8 heteroatoms. The summed E-state index contributed by atoms with van der Waals surface area (Å²) in [6, 6.07) is 2.84. The van der Waals surface area contributed by atoms with Crippen molar-refractivity contribution in [1.82, 2.24) is 19.7 Å². The summed E-state index contributed by atoms with van der Waals surface area (Å²) in [5, 5.41) is 4.21. The van der Waals surface area contributed by atoms with Crippen LogP contribution in [0.4, 0.5) is 13.2 Å². The standard InChI is InChI=1S/C19H21F3N4O/c1-12-16(18(27)25(15-7-8-15)14-4-2-3-5-14)11-24-26(12)17-9-6-13(10-23-17)19(20,21)22/h6,9-11,14-15H,2-5,7-8H2,1H3. The van der Waals surface area contributed by atoms with Gasteiger partial charge in [0.25, 0.3) is 5.91 Å². The first-order valence-corrected chi connectivity index (χ1v) is 9.27. The topological polar surface area (TPSA) is 51.0 Å². The summed E-state index contributed by atoms with van der Waals surface area (Å²) in [5.74, 6) is 0.235. The number of aromatic nitrogens is 3. The molecule has 0 aromatic carbocycles. The Morgan fingerprint density at radius 2 is 1.78 bits per heavy atom. The maximum Gasteiger partial charge on any atom is 0.417 e. The second-order valence-corrected chi connectivity index (χ2v) is 7.34. The van der Waals surface area contributed by atoms with Crippen molar-refractivity contribution < 1.29 is 18.0 Å². The lowest BCUT2D eigenvalue weighted by atomic mass is 10.1. The largest absolute Gasteiger partial charge is 0.417 e. The number of nitrogens with zero attached hydrogens (tertiary/aromatic N) is 4. The third-order valence-corrected chi connectivity index (χ3v) is 5.43. The van der Waals surface area contributed by atoms with E-state index in [0.29, 0.717) is 17.3 Å². The van der Waals surface area contributed by atoms with Crippen LogP contribution in [0.15, 0.2) is 24.5 Å². The van der Waals surface area contributed by atoms with Crippen molar-refractivity contribution in [1.29, 1.82) is 0 Å². The molecule has 0 saturated heterocycles. The van der Waals surface area contributed by atoms with Gasteiger partial charge in [-0.25, -0.2) is 9.67 Å². The Kier molecular flexibility index (Phi) is 4.44. The van der Waals surface area contributed by atoms with Gasteiger partial charge in [-0.1, -0.05) is 12.8 Å². The number of rotatable bonds is 4. The summed E-state index contributed by atoms with van der Waals surface area (Å²) in [4.78, 5) is 19.1. The highest BCUT2D eigenvalue weighted by Gasteiger charge is 2.39. The summed E-state index contributed by atoms with van der Waals surface area (Å²) in [6.45, 7) is 1.75. The minimum atomic E-state index is -4.43. The van der Waals surface area contributed by atoms with Gasteiger partial charge >= 0.3 is 6.18 Å². The van der Waals surface area contributed by atoms with E-state index in [4.69, 9.17) is 0 Å². The first-order chi connectivity index (χ1) is 12.9. The second-order valence-electron chi connectivity index (χ2n) is 7.34. The van der Waals surface area contributed by atoms with Gasteiger partial charge in [-0.2, -0.15) is 18.3 Å². The molecule has 0 unspecified atom stereocenters. The van der Waals surface area contributed by atoms with Crippen LogP contribution in [-0.4, -0.2) is 37.7 Å². The van der Waals surface area contributed by atoms with E-state index in [9.17, 15) is 18.0 Å². The van der Waals surface area contributed by atoms with Gasteiger partial charge in [-0.15, -0.1) is 0 Å². The van der Waals surface area contributed by atoms with Gasteiger partial charge < -0.3 is 4.90 Å². The molecule has 27 heavy (non-hydrogen) atoms. The van der Waals surface area contributed by atoms with Gasteiger partial charge in [0.15, 0.2) is 5.82 Å².